The third-order valence-electron chi connectivity index (χ3n) is 5.53. The first kappa shape index (κ1) is 22.1. The molecule has 0 aromatic rings. The molecule has 1 saturated carbocycles. The zero-order valence-electron chi connectivity index (χ0n) is 16.8. The second-order valence-electron chi connectivity index (χ2n) is 7.70. The maximum Gasteiger partial charge on any atom is 0.220 e. The number of hydrogen-bond acceptors (Lipinski definition) is 4. The van der Waals surface area contributed by atoms with Gasteiger partial charge in [0, 0.05) is 31.2 Å². The van der Waals surface area contributed by atoms with Crippen molar-refractivity contribution in [3.63, 3.8) is 0 Å². The number of amides is 1. The Bertz CT molecular complexity index is 477. The molecule has 2 fully saturated rings. The van der Waals surface area contributed by atoms with Gasteiger partial charge in [-0.15, -0.1) is 0 Å². The first-order valence-electron chi connectivity index (χ1n) is 10.8. The highest BCUT2D eigenvalue weighted by atomic mass is 17.2. The fourth-order valence-electron chi connectivity index (χ4n) is 3.99. The van der Waals surface area contributed by atoms with Gasteiger partial charge in [-0.25, -0.2) is 9.78 Å². The van der Waals surface area contributed by atoms with Gasteiger partial charge in [-0.05, 0) is 32.1 Å². The number of aliphatic hydroxyl groups is 1. The number of carbonyl (C=O) groups is 1. The molecule has 1 amide bonds. The molecular weight excluding hydrogens is 342 g/mol. The normalized spacial score (nSPS) is 27.2. The van der Waals surface area contributed by atoms with Gasteiger partial charge in [0.1, 0.15) is 6.10 Å². The highest BCUT2D eigenvalue weighted by molar-refractivity contribution is 5.75. The number of allylic oxidation sites excluding steroid dienone is 3. The van der Waals surface area contributed by atoms with Crippen molar-refractivity contribution < 1.29 is 19.7 Å². The van der Waals surface area contributed by atoms with Crippen LogP contribution in [-0.2, 0) is 14.6 Å². The highest BCUT2D eigenvalue weighted by Gasteiger charge is 2.49. The molecule has 2 bridgehead atoms. The molecule has 2 N–H and O–H groups in total. The van der Waals surface area contributed by atoms with Crippen LogP contribution in [0.25, 0.3) is 0 Å². The van der Waals surface area contributed by atoms with E-state index >= 15 is 0 Å². The lowest BCUT2D eigenvalue weighted by Crippen LogP contribution is -2.28. The standard InChI is InChI=1S/C22H37NO4/c1-2-3-4-5-6-9-12-18-19(21-17-20(18)26-27-21)13-10-7-8-11-14-22(25)23-15-16-24/h7,9-10,12,18-21,24H,2-6,8,11,13-17H2,1H3,(H,23,25)/b10-7-,12-9+/t18?,19-,20-,21+/m1/s1. The van der Waals surface area contributed by atoms with Crippen molar-refractivity contribution in [2.75, 3.05) is 13.2 Å². The summed E-state index contributed by atoms with van der Waals surface area (Å²) in [7, 11) is 0. The minimum absolute atomic E-state index is 0.00463. The van der Waals surface area contributed by atoms with Crippen LogP contribution in [0.15, 0.2) is 24.3 Å². The summed E-state index contributed by atoms with van der Waals surface area (Å²) in [6, 6.07) is 0. The Kier molecular flexibility index (Phi) is 10.7. The zero-order valence-corrected chi connectivity index (χ0v) is 16.8. The number of unbranched alkanes of at least 4 members (excludes halogenated alkanes) is 5. The van der Waals surface area contributed by atoms with Crippen molar-refractivity contribution in [3.8, 4) is 0 Å². The van der Waals surface area contributed by atoms with E-state index in [1.807, 2.05) is 0 Å². The Morgan fingerprint density at radius 3 is 2.70 bits per heavy atom. The van der Waals surface area contributed by atoms with Crippen molar-refractivity contribution in [2.24, 2.45) is 11.8 Å². The van der Waals surface area contributed by atoms with E-state index in [9.17, 15) is 4.79 Å². The first-order valence-corrected chi connectivity index (χ1v) is 10.8. The minimum Gasteiger partial charge on any atom is -0.395 e. The molecular formula is C22H37NO4. The molecule has 0 spiro atoms. The van der Waals surface area contributed by atoms with Crippen molar-refractivity contribution in [3.05, 3.63) is 24.3 Å². The summed E-state index contributed by atoms with van der Waals surface area (Å²) in [5.74, 6) is 0.976. The minimum atomic E-state index is -0.00463. The van der Waals surface area contributed by atoms with Gasteiger partial charge >= 0.3 is 0 Å². The molecule has 4 atom stereocenters. The average Bonchev–Trinajstić information content (AvgIpc) is 3.27. The quantitative estimate of drug-likeness (QED) is 0.271. The lowest BCUT2D eigenvalue weighted by atomic mass is 9.89. The lowest BCUT2D eigenvalue weighted by molar-refractivity contribution is -0.336. The van der Waals surface area contributed by atoms with Crippen LogP contribution in [0, 0.1) is 11.8 Å². The molecule has 1 aliphatic carbocycles. The van der Waals surface area contributed by atoms with Crippen molar-refractivity contribution in [1.82, 2.24) is 5.32 Å². The van der Waals surface area contributed by atoms with Gasteiger partial charge in [0.2, 0.25) is 5.91 Å². The predicted molar refractivity (Wildman–Crippen MR) is 107 cm³/mol. The van der Waals surface area contributed by atoms with Crippen LogP contribution in [0.3, 0.4) is 0 Å². The van der Waals surface area contributed by atoms with E-state index in [-0.39, 0.29) is 24.7 Å². The Labute approximate surface area is 164 Å². The molecule has 27 heavy (non-hydrogen) atoms. The van der Waals surface area contributed by atoms with Crippen molar-refractivity contribution in [2.45, 2.75) is 83.3 Å². The molecule has 1 aliphatic heterocycles. The summed E-state index contributed by atoms with van der Waals surface area (Å²) in [5.41, 5.74) is 0. The SMILES string of the molecule is CCCCCC/C=C/C1[C@@H](C/C=C\CCCC(=O)NCCO)[C@@H]2C[C@H]1OO2. The number of aliphatic hydroxyl groups excluding tert-OH is 1. The molecule has 5 heteroatoms. The van der Waals surface area contributed by atoms with Gasteiger partial charge in [0.15, 0.2) is 0 Å². The fraction of sp³-hybridized carbons (Fsp3) is 0.773. The number of carbonyl (C=O) groups excluding carboxylic acids is 1. The first-order chi connectivity index (χ1) is 13.3. The van der Waals surface area contributed by atoms with E-state index in [0.717, 1.165) is 32.1 Å². The van der Waals surface area contributed by atoms with E-state index in [2.05, 4.69) is 36.5 Å². The van der Waals surface area contributed by atoms with E-state index in [0.29, 0.717) is 24.8 Å². The zero-order chi connectivity index (χ0) is 19.3. The maximum absolute atomic E-state index is 11.5. The molecule has 0 aromatic carbocycles. The summed E-state index contributed by atoms with van der Waals surface area (Å²) in [6.45, 7) is 2.58. The smallest absolute Gasteiger partial charge is 0.220 e. The molecule has 5 nitrogen and oxygen atoms in total. The van der Waals surface area contributed by atoms with E-state index in [1.54, 1.807) is 0 Å². The van der Waals surface area contributed by atoms with Crippen LogP contribution in [0.1, 0.15) is 71.1 Å². The molecule has 1 heterocycles. The molecule has 1 saturated heterocycles. The summed E-state index contributed by atoms with van der Waals surface area (Å²) in [4.78, 5) is 22.4. The van der Waals surface area contributed by atoms with Gasteiger partial charge in [-0.1, -0.05) is 50.5 Å². The van der Waals surface area contributed by atoms with Crippen LogP contribution < -0.4 is 5.32 Å². The van der Waals surface area contributed by atoms with Crippen LogP contribution in [0.4, 0.5) is 0 Å². The Morgan fingerprint density at radius 1 is 1.07 bits per heavy atom. The maximum atomic E-state index is 11.5. The number of hydrogen-bond donors (Lipinski definition) is 2. The predicted octanol–water partition coefficient (Wildman–Crippen LogP) is 4.07. The molecule has 0 radical (unpaired) electrons. The van der Waals surface area contributed by atoms with Crippen LogP contribution in [-0.4, -0.2) is 36.4 Å². The fourth-order valence-corrected chi connectivity index (χ4v) is 3.99. The summed E-state index contributed by atoms with van der Waals surface area (Å²) in [5, 5.41) is 11.4. The van der Waals surface area contributed by atoms with Gasteiger partial charge in [0.05, 0.1) is 12.7 Å². The molecule has 0 aromatic heterocycles. The second kappa shape index (κ2) is 13.1. The second-order valence-corrected chi connectivity index (χ2v) is 7.70. The Morgan fingerprint density at radius 2 is 1.89 bits per heavy atom. The van der Waals surface area contributed by atoms with Gasteiger partial charge in [0.25, 0.3) is 0 Å². The van der Waals surface area contributed by atoms with Crippen LogP contribution in [0.5, 0.6) is 0 Å². The lowest BCUT2D eigenvalue weighted by Gasteiger charge is -2.27. The largest absolute Gasteiger partial charge is 0.395 e. The van der Waals surface area contributed by atoms with Gasteiger partial charge in [-0.2, -0.15) is 0 Å². The van der Waals surface area contributed by atoms with Crippen LogP contribution in [0.2, 0.25) is 0 Å². The van der Waals surface area contributed by atoms with E-state index in [1.165, 1.54) is 25.7 Å². The number of nitrogens with one attached hydrogen (secondary N) is 1. The molecule has 1 unspecified atom stereocenters. The van der Waals surface area contributed by atoms with E-state index in [4.69, 9.17) is 14.9 Å². The number of fused-ring (bicyclic) bond motifs is 2. The highest BCUT2D eigenvalue weighted by Crippen LogP contribution is 2.44. The monoisotopic (exact) mass is 379 g/mol. The third kappa shape index (κ3) is 7.76. The van der Waals surface area contributed by atoms with Crippen molar-refractivity contribution in [1.29, 1.82) is 0 Å². The van der Waals surface area contributed by atoms with Crippen LogP contribution >= 0.6 is 0 Å². The molecule has 2 rings (SSSR count). The van der Waals surface area contributed by atoms with Gasteiger partial charge in [-0.3, -0.25) is 4.79 Å². The van der Waals surface area contributed by atoms with Crippen molar-refractivity contribution >= 4 is 5.91 Å². The Hall–Kier alpha value is -1.17. The summed E-state index contributed by atoms with van der Waals surface area (Å²) >= 11 is 0. The summed E-state index contributed by atoms with van der Waals surface area (Å²) in [6.07, 6.45) is 20.2. The molecule has 154 valence electrons. The average molecular weight is 380 g/mol. The third-order valence-corrected chi connectivity index (χ3v) is 5.53. The number of rotatable bonds is 14. The van der Waals surface area contributed by atoms with Gasteiger partial charge < -0.3 is 10.4 Å². The summed E-state index contributed by atoms with van der Waals surface area (Å²) < 4.78 is 0. The topological polar surface area (TPSA) is 67.8 Å². The van der Waals surface area contributed by atoms with E-state index < -0.39 is 0 Å². The Balaban J connectivity index is 1.66. The molecule has 2 aliphatic rings.